The van der Waals surface area contributed by atoms with Crippen molar-refractivity contribution < 1.29 is 5.11 Å². The number of anilines is 1. The zero-order valence-electron chi connectivity index (χ0n) is 9.17. The second kappa shape index (κ2) is 7.71. The number of nitrogens with one attached hydrogen (secondary N) is 2. The lowest BCUT2D eigenvalue weighted by Gasteiger charge is -2.11. The van der Waals surface area contributed by atoms with Crippen molar-refractivity contribution in [1.29, 1.82) is 0 Å². The summed E-state index contributed by atoms with van der Waals surface area (Å²) in [5, 5.41) is 16.3. The van der Waals surface area contributed by atoms with Crippen LogP contribution in [-0.4, -0.2) is 23.4 Å². The van der Waals surface area contributed by atoms with Crippen molar-refractivity contribution in [3.63, 3.8) is 0 Å². The number of thiocarbonyl (C=S) groups is 1. The van der Waals surface area contributed by atoms with Gasteiger partial charge in [0.1, 0.15) is 0 Å². The van der Waals surface area contributed by atoms with Gasteiger partial charge in [-0.25, -0.2) is 0 Å². The van der Waals surface area contributed by atoms with E-state index >= 15 is 0 Å². The first kappa shape index (κ1) is 14.5. The Hall–Kier alpha value is -0.550. The summed E-state index contributed by atoms with van der Waals surface area (Å²) in [6.07, 6.45) is 1.62. The van der Waals surface area contributed by atoms with Gasteiger partial charge in [-0.2, -0.15) is 0 Å². The Bertz CT molecular complexity index is 388. The zero-order chi connectivity index (χ0) is 12.7. The maximum absolute atomic E-state index is 8.63. The normalized spacial score (nSPS) is 10.1. The lowest BCUT2D eigenvalue weighted by molar-refractivity contribution is 0.285. The molecular weight excluding hydrogens is 279 g/mol. The van der Waals surface area contributed by atoms with Crippen molar-refractivity contribution in [2.45, 2.75) is 12.8 Å². The van der Waals surface area contributed by atoms with Gasteiger partial charge >= 0.3 is 0 Å². The van der Waals surface area contributed by atoms with Crippen molar-refractivity contribution >= 4 is 46.2 Å². The third-order valence-corrected chi connectivity index (χ3v) is 2.86. The Morgan fingerprint density at radius 2 is 2.06 bits per heavy atom. The number of benzene rings is 1. The number of aliphatic hydroxyl groups is 1. The zero-order valence-corrected chi connectivity index (χ0v) is 11.5. The molecule has 0 amide bonds. The topological polar surface area (TPSA) is 44.3 Å². The minimum absolute atomic E-state index is 0.196. The fraction of sp³-hybridized carbons (Fsp3) is 0.364. The Balaban J connectivity index is 2.42. The fourth-order valence-electron chi connectivity index (χ4n) is 1.20. The second-order valence-electron chi connectivity index (χ2n) is 3.44. The van der Waals surface area contributed by atoms with Crippen molar-refractivity contribution in [2.24, 2.45) is 0 Å². The Morgan fingerprint density at radius 1 is 1.29 bits per heavy atom. The van der Waals surface area contributed by atoms with Crippen LogP contribution in [0, 0.1) is 0 Å². The summed E-state index contributed by atoms with van der Waals surface area (Å²) in [5.74, 6) is 0. The molecule has 17 heavy (non-hydrogen) atoms. The summed E-state index contributed by atoms with van der Waals surface area (Å²) in [7, 11) is 0. The molecule has 3 N–H and O–H groups in total. The van der Waals surface area contributed by atoms with E-state index < -0.39 is 0 Å². The highest BCUT2D eigenvalue weighted by molar-refractivity contribution is 7.80. The quantitative estimate of drug-likeness (QED) is 0.577. The average molecular weight is 293 g/mol. The van der Waals surface area contributed by atoms with Gasteiger partial charge < -0.3 is 15.7 Å². The smallest absolute Gasteiger partial charge is 0.170 e. The molecule has 1 rings (SSSR count). The van der Waals surface area contributed by atoms with Gasteiger partial charge in [0.15, 0.2) is 5.11 Å². The number of halogens is 2. The van der Waals surface area contributed by atoms with Crippen LogP contribution < -0.4 is 10.6 Å². The lowest BCUT2D eigenvalue weighted by Crippen LogP contribution is -2.29. The van der Waals surface area contributed by atoms with Crippen LogP contribution in [0.5, 0.6) is 0 Å². The summed E-state index contributed by atoms with van der Waals surface area (Å²) in [6, 6.07) is 5.14. The van der Waals surface area contributed by atoms with E-state index in [4.69, 9.17) is 40.5 Å². The van der Waals surface area contributed by atoms with Crippen molar-refractivity contribution in [3.05, 3.63) is 28.2 Å². The number of rotatable bonds is 5. The highest BCUT2D eigenvalue weighted by Gasteiger charge is 2.03. The molecule has 6 heteroatoms. The van der Waals surface area contributed by atoms with Crippen LogP contribution in [-0.2, 0) is 0 Å². The number of hydrogen-bond donors (Lipinski definition) is 3. The number of aliphatic hydroxyl groups excluding tert-OH is 1. The van der Waals surface area contributed by atoms with Crippen molar-refractivity contribution in [2.75, 3.05) is 18.5 Å². The molecule has 0 unspecified atom stereocenters. The molecular formula is C11H14Cl2N2OS. The molecule has 0 aliphatic heterocycles. The fourth-order valence-corrected chi connectivity index (χ4v) is 1.75. The summed E-state index contributed by atoms with van der Waals surface area (Å²) in [6.45, 7) is 0.909. The van der Waals surface area contributed by atoms with Gasteiger partial charge in [-0.3, -0.25) is 0 Å². The molecule has 0 spiro atoms. The van der Waals surface area contributed by atoms with Crippen molar-refractivity contribution in [1.82, 2.24) is 5.32 Å². The largest absolute Gasteiger partial charge is 0.396 e. The van der Waals surface area contributed by atoms with Gasteiger partial charge in [-0.05, 0) is 43.3 Å². The molecule has 94 valence electrons. The summed E-state index contributed by atoms with van der Waals surface area (Å²) in [5.41, 5.74) is 0.679. The number of hydrogen-bond acceptors (Lipinski definition) is 2. The molecule has 0 aliphatic carbocycles. The van der Waals surface area contributed by atoms with Crippen LogP contribution in [0.25, 0.3) is 0 Å². The predicted molar refractivity (Wildman–Crippen MR) is 77.0 cm³/mol. The second-order valence-corrected chi connectivity index (χ2v) is 4.69. The molecule has 0 bridgehead atoms. The molecule has 0 atom stereocenters. The summed E-state index contributed by atoms with van der Waals surface area (Å²) in [4.78, 5) is 0. The number of unbranched alkanes of at least 4 members (excludes halogenated alkanes) is 1. The van der Waals surface area contributed by atoms with E-state index in [1.54, 1.807) is 18.2 Å². The van der Waals surface area contributed by atoms with Crippen LogP contribution >= 0.6 is 35.4 Å². The Kier molecular flexibility index (Phi) is 6.58. The standard InChI is InChI=1S/C11H14Cl2N2OS/c12-8-3-4-9(13)10(7-8)15-11(17)14-5-1-2-6-16/h3-4,7,16H,1-2,5-6H2,(H2,14,15,17). The van der Waals surface area contributed by atoms with E-state index in [0.29, 0.717) is 27.4 Å². The van der Waals surface area contributed by atoms with Crippen LogP contribution in [0.2, 0.25) is 10.0 Å². The summed E-state index contributed by atoms with van der Waals surface area (Å²) < 4.78 is 0. The van der Waals surface area contributed by atoms with E-state index in [9.17, 15) is 0 Å². The monoisotopic (exact) mass is 292 g/mol. The minimum atomic E-state index is 0.196. The highest BCUT2D eigenvalue weighted by atomic mass is 35.5. The van der Waals surface area contributed by atoms with Gasteiger partial charge in [-0.15, -0.1) is 0 Å². The SMILES string of the molecule is OCCCCNC(=S)Nc1cc(Cl)ccc1Cl. The minimum Gasteiger partial charge on any atom is -0.396 e. The van der Waals surface area contributed by atoms with Gasteiger partial charge in [0.2, 0.25) is 0 Å². The first-order chi connectivity index (χ1) is 8.13. The molecule has 0 aliphatic rings. The van der Waals surface area contributed by atoms with Gasteiger partial charge in [0, 0.05) is 18.2 Å². The van der Waals surface area contributed by atoms with E-state index in [1.807, 2.05) is 0 Å². The van der Waals surface area contributed by atoms with Crippen LogP contribution in [0.4, 0.5) is 5.69 Å². The first-order valence-corrected chi connectivity index (χ1v) is 6.40. The molecule has 1 aromatic carbocycles. The third-order valence-electron chi connectivity index (χ3n) is 2.05. The van der Waals surface area contributed by atoms with Crippen LogP contribution in [0.3, 0.4) is 0 Å². The van der Waals surface area contributed by atoms with Crippen LogP contribution in [0.15, 0.2) is 18.2 Å². The van der Waals surface area contributed by atoms with Gasteiger partial charge in [-0.1, -0.05) is 23.2 Å². The molecule has 3 nitrogen and oxygen atoms in total. The maximum Gasteiger partial charge on any atom is 0.170 e. The molecule has 0 saturated heterocycles. The van der Waals surface area contributed by atoms with E-state index in [1.165, 1.54) is 0 Å². The summed E-state index contributed by atoms with van der Waals surface area (Å²) >= 11 is 16.9. The highest BCUT2D eigenvalue weighted by Crippen LogP contribution is 2.25. The first-order valence-electron chi connectivity index (χ1n) is 5.24. The molecule has 0 aromatic heterocycles. The average Bonchev–Trinajstić information content (AvgIpc) is 2.29. The Labute approximate surface area is 116 Å². The van der Waals surface area contributed by atoms with Crippen molar-refractivity contribution in [3.8, 4) is 0 Å². The van der Waals surface area contributed by atoms with E-state index in [0.717, 1.165) is 12.8 Å². The van der Waals surface area contributed by atoms with E-state index in [-0.39, 0.29) is 6.61 Å². The molecule has 0 fully saturated rings. The third kappa shape index (κ3) is 5.55. The predicted octanol–water partition coefficient (Wildman–Crippen LogP) is 3.05. The van der Waals surface area contributed by atoms with Gasteiger partial charge in [0.05, 0.1) is 10.7 Å². The molecule has 0 saturated carbocycles. The molecule has 1 aromatic rings. The van der Waals surface area contributed by atoms with Crippen LogP contribution in [0.1, 0.15) is 12.8 Å². The Morgan fingerprint density at radius 3 is 2.76 bits per heavy atom. The lowest BCUT2D eigenvalue weighted by atomic mass is 10.3. The molecule has 0 radical (unpaired) electrons. The van der Waals surface area contributed by atoms with Gasteiger partial charge in [0.25, 0.3) is 0 Å². The molecule has 0 heterocycles. The van der Waals surface area contributed by atoms with E-state index in [2.05, 4.69) is 10.6 Å². The maximum atomic E-state index is 8.63.